The second-order valence-electron chi connectivity index (χ2n) is 4.71. The maximum Gasteiger partial charge on any atom is 0.323 e. The van der Waals surface area contributed by atoms with Gasteiger partial charge in [-0.2, -0.15) is 0 Å². The van der Waals surface area contributed by atoms with E-state index in [1.165, 1.54) is 23.3 Å². The summed E-state index contributed by atoms with van der Waals surface area (Å²) in [7, 11) is 1.53. The molecule has 0 spiro atoms. The first kappa shape index (κ1) is 16.0. The molecule has 0 radical (unpaired) electrons. The first-order valence-corrected chi connectivity index (χ1v) is 7.65. The smallest absolute Gasteiger partial charge is 0.323 e. The zero-order valence-electron chi connectivity index (χ0n) is 12.2. The Morgan fingerprint density at radius 2 is 2.00 bits per heavy atom. The number of nitrogens with zero attached hydrogens (tertiary/aromatic N) is 1. The Hall–Kier alpha value is -2.34. The predicted molar refractivity (Wildman–Crippen MR) is 84.6 cm³/mol. The molecule has 0 aliphatic carbocycles. The van der Waals surface area contributed by atoms with Crippen LogP contribution in [0.1, 0.15) is 15.2 Å². The molecule has 5 nitrogen and oxygen atoms in total. The number of carboxylic acid groups (broad SMARTS) is 1. The third-order valence-electron chi connectivity index (χ3n) is 3.15. The Bertz CT molecular complexity index is 639. The SMILES string of the molecule is COc1csc(C(=O)N(CCc2ccccc2)CC(=O)O)c1. The number of amides is 1. The summed E-state index contributed by atoms with van der Waals surface area (Å²) in [5, 5.41) is 10.7. The molecule has 0 atom stereocenters. The normalized spacial score (nSPS) is 10.2. The largest absolute Gasteiger partial charge is 0.496 e. The summed E-state index contributed by atoms with van der Waals surface area (Å²) in [4.78, 5) is 25.3. The second-order valence-corrected chi connectivity index (χ2v) is 5.62. The Kier molecular flexibility index (Phi) is 5.55. The molecule has 1 N–H and O–H groups in total. The molecule has 1 amide bonds. The molecule has 0 saturated heterocycles. The number of hydrogen-bond acceptors (Lipinski definition) is 4. The van der Waals surface area contributed by atoms with E-state index < -0.39 is 5.97 Å². The molecular weight excluding hydrogens is 302 g/mol. The number of hydrogen-bond donors (Lipinski definition) is 1. The van der Waals surface area contributed by atoms with Gasteiger partial charge in [-0.25, -0.2) is 0 Å². The number of carbonyl (C=O) groups excluding carboxylic acids is 1. The quantitative estimate of drug-likeness (QED) is 0.851. The van der Waals surface area contributed by atoms with Gasteiger partial charge < -0.3 is 14.7 Å². The molecule has 2 aromatic rings. The molecule has 6 heteroatoms. The van der Waals surface area contributed by atoms with E-state index in [1.807, 2.05) is 30.3 Å². The van der Waals surface area contributed by atoms with Crippen LogP contribution in [0, 0.1) is 0 Å². The molecule has 1 aromatic carbocycles. The van der Waals surface area contributed by atoms with Gasteiger partial charge in [-0.3, -0.25) is 9.59 Å². The van der Waals surface area contributed by atoms with Crippen LogP contribution >= 0.6 is 11.3 Å². The fourth-order valence-corrected chi connectivity index (χ4v) is 2.84. The average molecular weight is 319 g/mol. The molecule has 0 fully saturated rings. The molecule has 0 aliphatic rings. The highest BCUT2D eigenvalue weighted by molar-refractivity contribution is 7.12. The molecule has 22 heavy (non-hydrogen) atoms. The van der Waals surface area contributed by atoms with Crippen LogP contribution in [-0.4, -0.2) is 42.1 Å². The fraction of sp³-hybridized carbons (Fsp3) is 0.250. The zero-order valence-corrected chi connectivity index (χ0v) is 13.0. The van der Waals surface area contributed by atoms with E-state index in [-0.39, 0.29) is 12.5 Å². The van der Waals surface area contributed by atoms with Crippen LogP contribution in [0.25, 0.3) is 0 Å². The molecular formula is C16H17NO4S. The van der Waals surface area contributed by atoms with E-state index in [1.54, 1.807) is 11.4 Å². The van der Waals surface area contributed by atoms with Crippen molar-refractivity contribution in [2.24, 2.45) is 0 Å². The highest BCUT2D eigenvalue weighted by Gasteiger charge is 2.20. The van der Waals surface area contributed by atoms with Gasteiger partial charge in [0.1, 0.15) is 12.3 Å². The van der Waals surface area contributed by atoms with E-state index in [2.05, 4.69) is 0 Å². The van der Waals surface area contributed by atoms with Gasteiger partial charge in [0.2, 0.25) is 0 Å². The maximum absolute atomic E-state index is 12.4. The van der Waals surface area contributed by atoms with Crippen LogP contribution in [0.5, 0.6) is 5.75 Å². The molecule has 0 unspecified atom stereocenters. The lowest BCUT2D eigenvalue weighted by molar-refractivity contribution is -0.137. The van der Waals surface area contributed by atoms with Crippen molar-refractivity contribution in [1.29, 1.82) is 0 Å². The lowest BCUT2D eigenvalue weighted by Crippen LogP contribution is -2.36. The van der Waals surface area contributed by atoms with E-state index >= 15 is 0 Å². The van der Waals surface area contributed by atoms with Gasteiger partial charge in [0, 0.05) is 18.0 Å². The van der Waals surface area contributed by atoms with Gasteiger partial charge >= 0.3 is 5.97 Å². The minimum Gasteiger partial charge on any atom is -0.496 e. The summed E-state index contributed by atoms with van der Waals surface area (Å²) in [5.41, 5.74) is 1.06. The van der Waals surface area contributed by atoms with E-state index in [0.29, 0.717) is 23.6 Å². The van der Waals surface area contributed by atoms with Crippen molar-refractivity contribution in [3.63, 3.8) is 0 Å². The second kappa shape index (κ2) is 7.61. The highest BCUT2D eigenvalue weighted by Crippen LogP contribution is 2.22. The number of benzene rings is 1. The van der Waals surface area contributed by atoms with Gasteiger partial charge in [-0.15, -0.1) is 11.3 Å². The number of ether oxygens (including phenoxy) is 1. The lowest BCUT2D eigenvalue weighted by atomic mass is 10.1. The molecule has 1 heterocycles. The number of carboxylic acids is 1. The monoisotopic (exact) mass is 319 g/mol. The van der Waals surface area contributed by atoms with Gasteiger partial charge in [0.05, 0.1) is 12.0 Å². The third-order valence-corrected chi connectivity index (χ3v) is 4.05. The van der Waals surface area contributed by atoms with Crippen molar-refractivity contribution in [2.75, 3.05) is 20.2 Å². The van der Waals surface area contributed by atoms with Crippen LogP contribution in [0.2, 0.25) is 0 Å². The third kappa shape index (κ3) is 4.33. The Morgan fingerprint density at radius 3 is 2.59 bits per heavy atom. The Labute approximate surface area is 132 Å². The summed E-state index contributed by atoms with van der Waals surface area (Å²) < 4.78 is 5.06. The van der Waals surface area contributed by atoms with Crippen molar-refractivity contribution < 1.29 is 19.4 Å². The standard InChI is InChI=1S/C16H17NO4S/c1-21-13-9-14(22-11-13)16(20)17(10-15(18)19)8-7-12-5-3-2-4-6-12/h2-6,9,11H,7-8,10H2,1H3,(H,18,19). The van der Waals surface area contributed by atoms with Crippen LogP contribution in [0.3, 0.4) is 0 Å². The first-order chi connectivity index (χ1) is 10.6. The number of aliphatic carboxylic acids is 1. The van der Waals surface area contributed by atoms with E-state index in [0.717, 1.165) is 5.56 Å². The van der Waals surface area contributed by atoms with Crippen LogP contribution < -0.4 is 4.74 Å². The Morgan fingerprint density at radius 1 is 1.27 bits per heavy atom. The maximum atomic E-state index is 12.4. The van der Waals surface area contributed by atoms with Crippen molar-refractivity contribution in [2.45, 2.75) is 6.42 Å². The molecule has 116 valence electrons. The molecule has 0 saturated carbocycles. The van der Waals surface area contributed by atoms with Crippen molar-refractivity contribution in [3.8, 4) is 5.75 Å². The minimum atomic E-state index is -1.02. The lowest BCUT2D eigenvalue weighted by Gasteiger charge is -2.20. The van der Waals surface area contributed by atoms with E-state index in [9.17, 15) is 9.59 Å². The highest BCUT2D eigenvalue weighted by atomic mass is 32.1. The van der Waals surface area contributed by atoms with Gasteiger partial charge in [-0.1, -0.05) is 30.3 Å². The van der Waals surface area contributed by atoms with Crippen LogP contribution in [0.4, 0.5) is 0 Å². The van der Waals surface area contributed by atoms with Crippen molar-refractivity contribution in [3.05, 3.63) is 52.2 Å². The van der Waals surface area contributed by atoms with Crippen molar-refractivity contribution >= 4 is 23.2 Å². The number of methoxy groups -OCH3 is 1. The van der Waals surface area contributed by atoms with Crippen LogP contribution in [-0.2, 0) is 11.2 Å². The van der Waals surface area contributed by atoms with Gasteiger partial charge in [-0.05, 0) is 12.0 Å². The number of carbonyl (C=O) groups is 2. The summed E-state index contributed by atoms with van der Waals surface area (Å²) in [6, 6.07) is 11.3. The summed E-state index contributed by atoms with van der Waals surface area (Å²) in [5.74, 6) is -0.705. The fourth-order valence-electron chi connectivity index (χ4n) is 2.02. The van der Waals surface area contributed by atoms with E-state index in [4.69, 9.17) is 9.84 Å². The van der Waals surface area contributed by atoms with Gasteiger partial charge in [0.15, 0.2) is 0 Å². The van der Waals surface area contributed by atoms with Crippen molar-refractivity contribution in [1.82, 2.24) is 4.90 Å². The zero-order chi connectivity index (χ0) is 15.9. The van der Waals surface area contributed by atoms with Crippen LogP contribution in [0.15, 0.2) is 41.8 Å². The molecule has 1 aromatic heterocycles. The number of rotatable bonds is 7. The summed E-state index contributed by atoms with van der Waals surface area (Å²) >= 11 is 1.25. The summed E-state index contributed by atoms with van der Waals surface area (Å²) in [6.07, 6.45) is 0.613. The molecule has 2 rings (SSSR count). The van der Waals surface area contributed by atoms with Gasteiger partial charge in [0.25, 0.3) is 5.91 Å². The molecule has 0 aliphatic heterocycles. The Balaban J connectivity index is 2.07. The average Bonchev–Trinajstić information content (AvgIpc) is 3.00. The first-order valence-electron chi connectivity index (χ1n) is 6.77. The predicted octanol–water partition coefficient (Wildman–Crippen LogP) is 2.53. The number of thiophene rings is 1. The minimum absolute atomic E-state index is 0.286. The topological polar surface area (TPSA) is 66.8 Å². The summed E-state index contributed by atoms with van der Waals surface area (Å²) in [6.45, 7) is 0.0429. The molecule has 0 bridgehead atoms.